The van der Waals surface area contributed by atoms with Crippen molar-refractivity contribution < 1.29 is 0 Å². The summed E-state index contributed by atoms with van der Waals surface area (Å²) in [4.78, 5) is 5.50. The molecule has 1 aromatic heterocycles. The van der Waals surface area contributed by atoms with Gasteiger partial charge in [-0.3, -0.25) is 0 Å². The molecule has 0 aliphatic rings. The number of thiazole rings is 1. The quantitative estimate of drug-likeness (QED) is 0.701. The second kappa shape index (κ2) is 3.86. The van der Waals surface area contributed by atoms with Gasteiger partial charge in [-0.1, -0.05) is 42.5 Å². The molecule has 0 bridgehead atoms. The molecule has 0 unspecified atom stereocenters. The van der Waals surface area contributed by atoms with Crippen LogP contribution in [0.25, 0.3) is 21.3 Å². The number of benzene rings is 2. The molecule has 1 heterocycles. The SMILES string of the molecule is Cc1sc(-c2cccc3ccccc23)nc1N. The Kier molecular flexibility index (Phi) is 2.34. The Labute approximate surface area is 104 Å². The van der Waals surface area contributed by atoms with Crippen LogP contribution in [0.1, 0.15) is 4.88 Å². The average Bonchev–Trinajstić information content (AvgIpc) is 2.69. The number of nitrogens with two attached hydrogens (primary N) is 1. The highest BCUT2D eigenvalue weighted by atomic mass is 32.1. The molecule has 0 spiro atoms. The van der Waals surface area contributed by atoms with Crippen molar-refractivity contribution in [1.29, 1.82) is 0 Å². The smallest absolute Gasteiger partial charge is 0.138 e. The van der Waals surface area contributed by atoms with Crippen LogP contribution in [-0.2, 0) is 0 Å². The van der Waals surface area contributed by atoms with Crippen molar-refractivity contribution >= 4 is 27.9 Å². The van der Waals surface area contributed by atoms with Crippen molar-refractivity contribution in [3.05, 3.63) is 47.3 Å². The Morgan fingerprint density at radius 2 is 1.82 bits per heavy atom. The minimum atomic E-state index is 0.637. The third kappa shape index (κ3) is 1.68. The summed E-state index contributed by atoms with van der Waals surface area (Å²) in [6.07, 6.45) is 0. The fourth-order valence-corrected chi connectivity index (χ4v) is 2.81. The van der Waals surface area contributed by atoms with E-state index >= 15 is 0 Å². The van der Waals surface area contributed by atoms with Gasteiger partial charge in [0.2, 0.25) is 0 Å². The van der Waals surface area contributed by atoms with Crippen molar-refractivity contribution in [2.75, 3.05) is 5.73 Å². The Morgan fingerprint density at radius 3 is 2.59 bits per heavy atom. The first-order valence-electron chi connectivity index (χ1n) is 5.47. The van der Waals surface area contributed by atoms with Gasteiger partial charge in [-0.2, -0.15) is 0 Å². The maximum atomic E-state index is 5.82. The molecule has 0 saturated carbocycles. The van der Waals surface area contributed by atoms with E-state index in [1.165, 1.54) is 10.8 Å². The van der Waals surface area contributed by atoms with E-state index in [0.717, 1.165) is 15.4 Å². The first-order chi connectivity index (χ1) is 8.25. The topological polar surface area (TPSA) is 38.9 Å². The Bertz CT molecular complexity index is 661. The van der Waals surface area contributed by atoms with E-state index in [-0.39, 0.29) is 0 Å². The van der Waals surface area contributed by atoms with Crippen LogP contribution >= 0.6 is 11.3 Å². The summed E-state index contributed by atoms with van der Waals surface area (Å²) in [7, 11) is 0. The lowest BCUT2D eigenvalue weighted by molar-refractivity contribution is 1.39. The maximum Gasteiger partial charge on any atom is 0.138 e. The molecule has 17 heavy (non-hydrogen) atoms. The summed E-state index contributed by atoms with van der Waals surface area (Å²) >= 11 is 1.65. The summed E-state index contributed by atoms with van der Waals surface area (Å²) in [5.74, 6) is 0.637. The minimum absolute atomic E-state index is 0.637. The van der Waals surface area contributed by atoms with Gasteiger partial charge in [0, 0.05) is 10.4 Å². The van der Waals surface area contributed by atoms with Gasteiger partial charge >= 0.3 is 0 Å². The molecule has 0 radical (unpaired) electrons. The van der Waals surface area contributed by atoms with Crippen molar-refractivity contribution in [2.24, 2.45) is 0 Å². The lowest BCUT2D eigenvalue weighted by Crippen LogP contribution is -1.86. The minimum Gasteiger partial charge on any atom is -0.383 e. The highest BCUT2D eigenvalue weighted by molar-refractivity contribution is 7.15. The molecular formula is C14H12N2S. The predicted molar refractivity (Wildman–Crippen MR) is 74.2 cm³/mol. The standard InChI is InChI=1S/C14H12N2S/c1-9-13(15)16-14(17-9)12-8-4-6-10-5-2-3-7-11(10)12/h2-8H,15H2,1H3. The summed E-state index contributed by atoms with van der Waals surface area (Å²) in [6.45, 7) is 2.00. The summed E-state index contributed by atoms with van der Waals surface area (Å²) in [5, 5.41) is 3.46. The number of nitrogen functional groups attached to an aromatic ring is 1. The number of rotatable bonds is 1. The van der Waals surface area contributed by atoms with Gasteiger partial charge in [0.05, 0.1) is 0 Å². The Hall–Kier alpha value is -1.87. The number of aromatic nitrogens is 1. The van der Waals surface area contributed by atoms with E-state index in [0.29, 0.717) is 5.82 Å². The van der Waals surface area contributed by atoms with Crippen LogP contribution in [-0.4, -0.2) is 4.98 Å². The average molecular weight is 240 g/mol. The molecule has 0 atom stereocenters. The third-order valence-electron chi connectivity index (χ3n) is 2.85. The van der Waals surface area contributed by atoms with E-state index < -0.39 is 0 Å². The zero-order valence-electron chi connectivity index (χ0n) is 9.47. The van der Waals surface area contributed by atoms with Crippen LogP contribution in [0.2, 0.25) is 0 Å². The van der Waals surface area contributed by atoms with Crippen molar-refractivity contribution in [3.8, 4) is 10.6 Å². The maximum absolute atomic E-state index is 5.82. The molecule has 3 aromatic rings. The number of fused-ring (bicyclic) bond motifs is 1. The fourth-order valence-electron chi connectivity index (χ4n) is 1.94. The summed E-state index contributed by atoms with van der Waals surface area (Å²) in [6, 6.07) is 14.6. The molecule has 0 fully saturated rings. The largest absolute Gasteiger partial charge is 0.383 e. The molecule has 0 aliphatic heterocycles. The van der Waals surface area contributed by atoms with Crippen molar-refractivity contribution in [2.45, 2.75) is 6.92 Å². The second-order valence-corrected chi connectivity index (χ2v) is 5.19. The molecule has 2 nitrogen and oxygen atoms in total. The van der Waals surface area contributed by atoms with Gasteiger partial charge in [0.25, 0.3) is 0 Å². The van der Waals surface area contributed by atoms with Crippen LogP contribution in [0.15, 0.2) is 42.5 Å². The molecule has 0 aliphatic carbocycles. The lowest BCUT2D eigenvalue weighted by atomic mass is 10.1. The zero-order valence-corrected chi connectivity index (χ0v) is 10.3. The van der Waals surface area contributed by atoms with Gasteiger partial charge in [-0.25, -0.2) is 4.98 Å². The van der Waals surface area contributed by atoms with Crippen molar-refractivity contribution in [1.82, 2.24) is 4.98 Å². The lowest BCUT2D eigenvalue weighted by Gasteiger charge is -2.02. The zero-order chi connectivity index (χ0) is 11.8. The molecule has 3 rings (SSSR count). The van der Waals surface area contributed by atoms with Gasteiger partial charge in [-0.15, -0.1) is 11.3 Å². The molecule has 0 saturated heterocycles. The van der Waals surface area contributed by atoms with E-state index in [9.17, 15) is 0 Å². The van der Waals surface area contributed by atoms with E-state index in [1.807, 2.05) is 13.0 Å². The summed E-state index contributed by atoms with van der Waals surface area (Å²) in [5.41, 5.74) is 6.98. The molecule has 0 amide bonds. The Morgan fingerprint density at radius 1 is 1.06 bits per heavy atom. The van der Waals surface area contributed by atoms with Crippen LogP contribution in [0, 0.1) is 6.92 Å². The van der Waals surface area contributed by atoms with E-state index in [4.69, 9.17) is 5.73 Å². The van der Waals surface area contributed by atoms with Crippen LogP contribution in [0.4, 0.5) is 5.82 Å². The normalized spacial score (nSPS) is 10.9. The van der Waals surface area contributed by atoms with E-state index in [1.54, 1.807) is 11.3 Å². The first-order valence-corrected chi connectivity index (χ1v) is 6.28. The second-order valence-electron chi connectivity index (χ2n) is 3.99. The highest BCUT2D eigenvalue weighted by Crippen LogP contribution is 2.33. The molecule has 2 aromatic carbocycles. The fraction of sp³-hybridized carbons (Fsp3) is 0.0714. The number of anilines is 1. The number of nitrogens with zero attached hydrogens (tertiary/aromatic N) is 1. The number of hydrogen-bond acceptors (Lipinski definition) is 3. The third-order valence-corrected chi connectivity index (χ3v) is 3.87. The van der Waals surface area contributed by atoms with Gasteiger partial charge < -0.3 is 5.73 Å². The van der Waals surface area contributed by atoms with Crippen molar-refractivity contribution in [3.63, 3.8) is 0 Å². The van der Waals surface area contributed by atoms with Crippen LogP contribution in [0.5, 0.6) is 0 Å². The monoisotopic (exact) mass is 240 g/mol. The van der Waals surface area contributed by atoms with Gasteiger partial charge in [0.15, 0.2) is 0 Å². The Balaban J connectivity index is 2.30. The molecule has 3 heteroatoms. The van der Waals surface area contributed by atoms with Gasteiger partial charge in [0.1, 0.15) is 10.8 Å². The first kappa shape index (κ1) is 10.3. The van der Waals surface area contributed by atoms with Crippen LogP contribution < -0.4 is 5.73 Å². The molecule has 2 N–H and O–H groups in total. The van der Waals surface area contributed by atoms with E-state index in [2.05, 4.69) is 41.4 Å². The number of hydrogen-bond donors (Lipinski definition) is 1. The highest BCUT2D eigenvalue weighted by Gasteiger charge is 2.09. The molecule has 84 valence electrons. The summed E-state index contributed by atoms with van der Waals surface area (Å²) < 4.78 is 0. The van der Waals surface area contributed by atoms with Crippen LogP contribution in [0.3, 0.4) is 0 Å². The van der Waals surface area contributed by atoms with Gasteiger partial charge in [-0.05, 0) is 17.7 Å². The predicted octanol–water partition coefficient (Wildman–Crippen LogP) is 3.85. The molecular weight excluding hydrogens is 228 g/mol. The number of aryl methyl sites for hydroxylation is 1.